The molecule has 0 spiro atoms. The van der Waals surface area contributed by atoms with E-state index < -0.39 is 15.8 Å². The Morgan fingerprint density at radius 2 is 2.00 bits per heavy atom. The lowest BCUT2D eigenvalue weighted by atomic mass is 10.1. The molecule has 10 heteroatoms. The number of hydrogen-bond donors (Lipinski definition) is 1. The van der Waals surface area contributed by atoms with Crippen LogP contribution >= 0.6 is 11.6 Å². The van der Waals surface area contributed by atoms with E-state index in [1.807, 2.05) is 0 Å². The molecule has 4 rings (SSSR count). The van der Waals surface area contributed by atoms with Crippen molar-refractivity contribution in [2.75, 3.05) is 11.1 Å². The zero-order valence-corrected chi connectivity index (χ0v) is 17.7. The fourth-order valence-corrected chi connectivity index (χ4v) is 3.91. The van der Waals surface area contributed by atoms with E-state index in [4.69, 9.17) is 11.6 Å². The molecule has 0 aliphatic heterocycles. The van der Waals surface area contributed by atoms with Gasteiger partial charge in [-0.25, -0.2) is 12.8 Å². The minimum Gasteiger partial charge on any atom is -0.353 e. The maximum atomic E-state index is 14.3. The first-order valence-electron chi connectivity index (χ1n) is 9.05. The summed E-state index contributed by atoms with van der Waals surface area (Å²) in [6, 6.07) is 9.45. The van der Waals surface area contributed by atoms with Gasteiger partial charge in [-0.2, -0.15) is 9.19 Å². The second kappa shape index (κ2) is 7.66. The van der Waals surface area contributed by atoms with Gasteiger partial charge in [-0.05, 0) is 50.2 Å². The summed E-state index contributed by atoms with van der Waals surface area (Å²) in [5.41, 5.74) is 3.40. The third-order valence-corrected chi connectivity index (χ3v) is 6.19. The molecule has 0 aliphatic carbocycles. The van der Waals surface area contributed by atoms with E-state index in [9.17, 15) is 12.8 Å². The Hall–Kier alpha value is -3.04. The summed E-state index contributed by atoms with van der Waals surface area (Å²) in [5, 5.41) is 7.80. The second-order valence-electron chi connectivity index (χ2n) is 6.63. The van der Waals surface area contributed by atoms with Gasteiger partial charge >= 0.3 is 0 Å². The Morgan fingerprint density at radius 1 is 1.20 bits per heavy atom. The Kier molecular flexibility index (Phi) is 5.17. The number of pyridine rings is 2. The van der Waals surface area contributed by atoms with Crippen molar-refractivity contribution >= 4 is 44.0 Å². The molecule has 0 atom stereocenters. The lowest BCUT2D eigenvalue weighted by Gasteiger charge is -2.11. The minimum absolute atomic E-state index is 0.0815. The number of benzene rings is 1. The van der Waals surface area contributed by atoms with Crippen LogP contribution in [-0.4, -0.2) is 33.3 Å². The van der Waals surface area contributed by atoms with Crippen LogP contribution in [0.1, 0.15) is 12.6 Å². The van der Waals surface area contributed by atoms with Gasteiger partial charge < -0.3 is 5.32 Å². The lowest BCUT2D eigenvalue weighted by Crippen LogP contribution is -2.15. The molecule has 3 heterocycles. The third-order valence-electron chi connectivity index (χ3n) is 4.47. The molecule has 1 N–H and O–H groups in total. The number of hydrogen-bond acceptors (Lipinski definition) is 6. The number of nitrogens with zero attached hydrogens (tertiary/aromatic N) is 4. The highest BCUT2D eigenvalue weighted by Crippen LogP contribution is 2.30. The number of aryl methyl sites for hydroxylation is 1. The molecule has 0 saturated heterocycles. The van der Waals surface area contributed by atoms with Gasteiger partial charge in [0, 0.05) is 28.2 Å². The van der Waals surface area contributed by atoms with Gasteiger partial charge in [-0.1, -0.05) is 11.6 Å². The van der Waals surface area contributed by atoms with Crippen LogP contribution in [0.15, 0.2) is 48.8 Å². The van der Waals surface area contributed by atoms with Crippen LogP contribution in [0.5, 0.6) is 0 Å². The molecular weight excluding hydrogens is 429 g/mol. The van der Waals surface area contributed by atoms with E-state index in [2.05, 4.69) is 20.4 Å². The summed E-state index contributed by atoms with van der Waals surface area (Å²) in [6.45, 7) is 3.34. The first kappa shape index (κ1) is 20.2. The zero-order valence-electron chi connectivity index (χ0n) is 16.1. The van der Waals surface area contributed by atoms with E-state index in [0.29, 0.717) is 38.8 Å². The molecule has 0 saturated carbocycles. The van der Waals surface area contributed by atoms with Gasteiger partial charge in [-0.3, -0.25) is 9.97 Å². The van der Waals surface area contributed by atoms with Crippen LogP contribution in [0.4, 0.5) is 15.8 Å². The lowest BCUT2D eigenvalue weighted by molar-refractivity contribution is 0.582. The largest absolute Gasteiger partial charge is 0.353 e. The fraction of sp³-hybridized carbons (Fsp3) is 0.150. The van der Waals surface area contributed by atoms with Crippen molar-refractivity contribution in [3.63, 3.8) is 0 Å². The molecule has 3 aromatic heterocycles. The summed E-state index contributed by atoms with van der Waals surface area (Å²) in [6.07, 6.45) is 2.94. The molecule has 7 nitrogen and oxygen atoms in total. The summed E-state index contributed by atoms with van der Waals surface area (Å²) < 4.78 is 39.5. The van der Waals surface area contributed by atoms with Crippen LogP contribution in [0, 0.1) is 12.7 Å². The van der Waals surface area contributed by atoms with Gasteiger partial charge in [0.25, 0.3) is 10.0 Å². The highest BCUT2D eigenvalue weighted by molar-refractivity contribution is 7.89. The fourth-order valence-electron chi connectivity index (χ4n) is 3.01. The average molecular weight is 446 g/mol. The Labute approximate surface area is 177 Å². The van der Waals surface area contributed by atoms with Crippen LogP contribution in [-0.2, 0) is 10.0 Å². The Bertz CT molecular complexity index is 1370. The SMILES string of the molecule is CCS(=O)(=O)n1cc2nccc(Nc3cc(C)nc(-c4cc(Cl)ccc4F)c3)c2n1. The summed E-state index contributed by atoms with van der Waals surface area (Å²) in [4.78, 5) is 8.60. The standard InChI is InChI=1S/C20H17ClFN5O2S/c1-3-30(28,29)27-11-19-20(26-27)17(6-7-23-19)25-14-8-12(2)24-18(10-14)15-9-13(21)4-5-16(15)22/h4-11H,3H2,1-2H3,(H,24,25). The van der Waals surface area contributed by atoms with Gasteiger partial charge in [0.1, 0.15) is 16.9 Å². The normalized spacial score (nSPS) is 11.7. The van der Waals surface area contributed by atoms with Crippen LogP contribution in [0.3, 0.4) is 0 Å². The number of aromatic nitrogens is 4. The van der Waals surface area contributed by atoms with Crippen LogP contribution < -0.4 is 5.32 Å². The monoisotopic (exact) mass is 445 g/mol. The molecule has 0 bridgehead atoms. The van der Waals surface area contributed by atoms with Crippen molar-refractivity contribution in [3.8, 4) is 11.3 Å². The molecule has 154 valence electrons. The average Bonchev–Trinajstić information content (AvgIpc) is 3.16. The van der Waals surface area contributed by atoms with Crippen molar-refractivity contribution < 1.29 is 12.8 Å². The molecule has 0 amide bonds. The maximum Gasteiger partial charge on any atom is 0.253 e. The topological polar surface area (TPSA) is 89.8 Å². The molecule has 0 unspecified atom stereocenters. The van der Waals surface area contributed by atoms with Gasteiger partial charge in [0.15, 0.2) is 0 Å². The predicted octanol–water partition coefficient (Wildman–Crippen LogP) is 4.54. The molecule has 0 radical (unpaired) electrons. The molecule has 1 aromatic carbocycles. The molecule has 0 fully saturated rings. The Morgan fingerprint density at radius 3 is 2.77 bits per heavy atom. The smallest absolute Gasteiger partial charge is 0.253 e. The molecular formula is C20H17ClFN5O2S. The number of fused-ring (bicyclic) bond motifs is 1. The van der Waals surface area contributed by atoms with Crippen molar-refractivity contribution in [1.29, 1.82) is 0 Å². The van der Waals surface area contributed by atoms with E-state index >= 15 is 0 Å². The second-order valence-corrected chi connectivity index (χ2v) is 9.18. The van der Waals surface area contributed by atoms with Crippen molar-refractivity contribution in [2.24, 2.45) is 0 Å². The highest BCUT2D eigenvalue weighted by atomic mass is 35.5. The van der Waals surface area contributed by atoms with Gasteiger partial charge in [-0.15, -0.1) is 0 Å². The Balaban J connectivity index is 1.77. The van der Waals surface area contributed by atoms with Crippen LogP contribution in [0.2, 0.25) is 5.02 Å². The maximum absolute atomic E-state index is 14.3. The molecule has 0 aliphatic rings. The summed E-state index contributed by atoms with van der Waals surface area (Å²) in [7, 11) is -3.53. The minimum atomic E-state index is -3.53. The predicted molar refractivity (Wildman–Crippen MR) is 115 cm³/mol. The van der Waals surface area contributed by atoms with E-state index in [1.54, 1.807) is 38.2 Å². The third kappa shape index (κ3) is 3.86. The molecule has 30 heavy (non-hydrogen) atoms. The zero-order chi connectivity index (χ0) is 21.5. The van der Waals surface area contributed by atoms with E-state index in [-0.39, 0.29) is 11.3 Å². The first-order valence-corrected chi connectivity index (χ1v) is 11.0. The van der Waals surface area contributed by atoms with E-state index in [1.165, 1.54) is 24.4 Å². The number of anilines is 2. The quantitative estimate of drug-likeness (QED) is 0.485. The van der Waals surface area contributed by atoms with Crippen molar-refractivity contribution in [2.45, 2.75) is 13.8 Å². The number of nitrogens with one attached hydrogen (secondary N) is 1. The number of rotatable bonds is 5. The first-order chi connectivity index (χ1) is 14.3. The summed E-state index contributed by atoms with van der Waals surface area (Å²) in [5.74, 6) is -0.514. The van der Waals surface area contributed by atoms with Gasteiger partial charge in [0.05, 0.1) is 23.3 Å². The van der Waals surface area contributed by atoms with Crippen LogP contribution in [0.25, 0.3) is 22.3 Å². The number of halogens is 2. The van der Waals surface area contributed by atoms with E-state index in [0.717, 1.165) is 4.09 Å². The highest BCUT2D eigenvalue weighted by Gasteiger charge is 2.16. The van der Waals surface area contributed by atoms with Gasteiger partial charge in [0.2, 0.25) is 0 Å². The van der Waals surface area contributed by atoms with Crippen molar-refractivity contribution in [1.82, 2.24) is 19.2 Å². The van der Waals surface area contributed by atoms with Crippen molar-refractivity contribution in [3.05, 3.63) is 65.3 Å². The molecule has 4 aromatic rings. The summed E-state index contributed by atoms with van der Waals surface area (Å²) >= 11 is 6.02.